The number of aromatic hydroxyl groups is 1. The topological polar surface area (TPSA) is 59.2 Å². The number of thioether (sulfide) groups is 1. The molecule has 2 aromatic rings. The van der Waals surface area contributed by atoms with Crippen LogP contribution in [-0.2, 0) is 5.75 Å². The van der Waals surface area contributed by atoms with E-state index < -0.39 is 0 Å². The van der Waals surface area contributed by atoms with Gasteiger partial charge in [-0.3, -0.25) is 0 Å². The van der Waals surface area contributed by atoms with Gasteiger partial charge in [-0.05, 0) is 24.0 Å². The fourth-order valence-electron chi connectivity index (χ4n) is 1.29. The molecule has 0 bridgehead atoms. The van der Waals surface area contributed by atoms with Crippen molar-refractivity contribution in [2.75, 3.05) is 5.75 Å². The maximum Gasteiger partial charge on any atom is 0.261 e. The Bertz CT molecular complexity index is 516. The second kappa shape index (κ2) is 5.55. The van der Waals surface area contributed by atoms with Crippen molar-refractivity contribution in [3.63, 3.8) is 0 Å². The largest absolute Gasteiger partial charge is 0.507 e. The number of hydrogen-bond acceptors (Lipinski definition) is 5. The molecule has 1 aromatic carbocycles. The first-order valence-corrected chi connectivity index (χ1v) is 7.04. The van der Waals surface area contributed by atoms with Crippen molar-refractivity contribution in [2.24, 2.45) is 0 Å². The number of rotatable bonds is 4. The molecular weight excluding hydrogens is 304 g/mol. The van der Waals surface area contributed by atoms with Crippen LogP contribution in [0.1, 0.15) is 12.7 Å². The second-order valence-corrected chi connectivity index (χ2v) is 5.50. The zero-order valence-corrected chi connectivity index (χ0v) is 11.6. The first-order valence-electron chi connectivity index (χ1n) is 5.10. The van der Waals surface area contributed by atoms with Crippen molar-refractivity contribution >= 4 is 27.7 Å². The van der Waals surface area contributed by atoms with Gasteiger partial charge in [-0.15, -0.1) is 0 Å². The molecular formula is C11H11BrN2O2S. The predicted molar refractivity (Wildman–Crippen MR) is 70.9 cm³/mol. The van der Waals surface area contributed by atoms with Gasteiger partial charge in [0.1, 0.15) is 5.75 Å². The molecule has 0 unspecified atom stereocenters. The van der Waals surface area contributed by atoms with E-state index in [4.69, 9.17) is 4.52 Å². The van der Waals surface area contributed by atoms with Crippen LogP contribution in [0.15, 0.2) is 27.2 Å². The maximum absolute atomic E-state index is 9.72. The molecule has 0 spiro atoms. The lowest BCUT2D eigenvalue weighted by molar-refractivity contribution is 0.419. The van der Waals surface area contributed by atoms with E-state index in [1.54, 1.807) is 30.0 Å². The number of phenolic OH excluding ortho intramolecular Hbond substituents is 1. The molecule has 17 heavy (non-hydrogen) atoms. The first kappa shape index (κ1) is 12.4. The third-order valence-electron chi connectivity index (χ3n) is 2.09. The van der Waals surface area contributed by atoms with Crippen LogP contribution in [-0.4, -0.2) is 21.0 Å². The highest BCUT2D eigenvalue weighted by Gasteiger charge is 2.13. The Morgan fingerprint density at radius 3 is 3.06 bits per heavy atom. The Kier molecular flexibility index (Phi) is 4.06. The van der Waals surface area contributed by atoms with E-state index >= 15 is 0 Å². The lowest BCUT2D eigenvalue weighted by Gasteiger charge is -1.99. The summed E-state index contributed by atoms with van der Waals surface area (Å²) in [5.41, 5.74) is 0.541. The van der Waals surface area contributed by atoms with E-state index in [1.165, 1.54) is 0 Å². The lowest BCUT2D eigenvalue weighted by atomic mass is 10.2. The average molecular weight is 315 g/mol. The Hall–Kier alpha value is -1.01. The molecule has 6 heteroatoms. The molecule has 0 atom stereocenters. The zero-order valence-electron chi connectivity index (χ0n) is 9.18. The number of phenols is 1. The highest BCUT2D eigenvalue weighted by molar-refractivity contribution is 9.10. The minimum Gasteiger partial charge on any atom is -0.507 e. The quantitative estimate of drug-likeness (QED) is 0.936. The summed E-state index contributed by atoms with van der Waals surface area (Å²) in [6.07, 6.45) is 0. The number of hydrogen-bond donors (Lipinski definition) is 1. The minimum absolute atomic E-state index is 0.131. The standard InChI is InChI=1S/C11H11BrN2O2S/c1-2-17-6-10-13-11(16-14-10)8-5-7(12)3-4-9(8)15/h3-5,15H,2,6H2,1H3. The highest BCUT2D eigenvalue weighted by atomic mass is 79.9. The van der Waals surface area contributed by atoms with Gasteiger partial charge in [-0.1, -0.05) is 28.0 Å². The maximum atomic E-state index is 9.72. The molecule has 0 amide bonds. The van der Waals surface area contributed by atoms with E-state index in [-0.39, 0.29) is 5.75 Å². The van der Waals surface area contributed by atoms with Crippen molar-refractivity contribution in [2.45, 2.75) is 12.7 Å². The smallest absolute Gasteiger partial charge is 0.261 e. The third-order valence-corrected chi connectivity index (χ3v) is 3.46. The Balaban J connectivity index is 2.27. The summed E-state index contributed by atoms with van der Waals surface area (Å²) in [6.45, 7) is 2.08. The van der Waals surface area contributed by atoms with Crippen molar-refractivity contribution in [1.29, 1.82) is 0 Å². The van der Waals surface area contributed by atoms with Crippen LogP contribution >= 0.6 is 27.7 Å². The van der Waals surface area contributed by atoms with Crippen molar-refractivity contribution in [3.05, 3.63) is 28.5 Å². The van der Waals surface area contributed by atoms with Crippen LogP contribution in [0.2, 0.25) is 0 Å². The molecule has 90 valence electrons. The lowest BCUT2D eigenvalue weighted by Crippen LogP contribution is -1.84. The molecule has 0 aliphatic carbocycles. The summed E-state index contributed by atoms with van der Waals surface area (Å²) >= 11 is 5.06. The normalized spacial score (nSPS) is 10.7. The van der Waals surface area contributed by atoms with Gasteiger partial charge in [-0.25, -0.2) is 0 Å². The summed E-state index contributed by atoms with van der Waals surface area (Å²) in [7, 11) is 0. The molecule has 1 heterocycles. The first-order chi connectivity index (χ1) is 8.20. The third kappa shape index (κ3) is 3.01. The number of aromatic nitrogens is 2. The SMILES string of the molecule is CCSCc1noc(-c2cc(Br)ccc2O)n1. The van der Waals surface area contributed by atoms with Gasteiger partial charge in [0.2, 0.25) is 0 Å². The zero-order chi connectivity index (χ0) is 12.3. The molecule has 0 radical (unpaired) electrons. The Morgan fingerprint density at radius 1 is 1.47 bits per heavy atom. The summed E-state index contributed by atoms with van der Waals surface area (Å²) in [5.74, 6) is 2.84. The fourth-order valence-corrected chi connectivity index (χ4v) is 2.16. The number of halogens is 1. The van der Waals surface area contributed by atoms with Crippen LogP contribution in [0.3, 0.4) is 0 Å². The van der Waals surface area contributed by atoms with Crippen molar-refractivity contribution in [1.82, 2.24) is 10.1 Å². The van der Waals surface area contributed by atoms with Gasteiger partial charge in [0.25, 0.3) is 5.89 Å². The summed E-state index contributed by atoms with van der Waals surface area (Å²) in [6, 6.07) is 5.09. The molecule has 0 aliphatic heterocycles. The Labute approximate surface area is 112 Å². The predicted octanol–water partition coefficient (Wildman–Crippen LogP) is 3.46. The van der Waals surface area contributed by atoms with E-state index in [1.807, 2.05) is 0 Å². The Morgan fingerprint density at radius 2 is 2.29 bits per heavy atom. The minimum atomic E-state index is 0.131. The van der Waals surface area contributed by atoms with Gasteiger partial charge in [0, 0.05) is 4.47 Å². The van der Waals surface area contributed by atoms with E-state index in [0.29, 0.717) is 17.3 Å². The summed E-state index contributed by atoms with van der Waals surface area (Å²) in [4.78, 5) is 4.24. The van der Waals surface area contributed by atoms with E-state index in [0.717, 1.165) is 16.0 Å². The molecule has 0 saturated carbocycles. The molecule has 0 saturated heterocycles. The monoisotopic (exact) mass is 314 g/mol. The van der Waals surface area contributed by atoms with Gasteiger partial charge in [0.05, 0.1) is 11.3 Å². The molecule has 4 nitrogen and oxygen atoms in total. The molecule has 0 aliphatic rings. The number of benzene rings is 1. The van der Waals surface area contributed by atoms with Gasteiger partial charge in [-0.2, -0.15) is 16.7 Å². The van der Waals surface area contributed by atoms with Crippen LogP contribution < -0.4 is 0 Å². The molecule has 2 rings (SSSR count). The highest BCUT2D eigenvalue weighted by Crippen LogP contribution is 2.30. The molecule has 1 aromatic heterocycles. The average Bonchev–Trinajstić information content (AvgIpc) is 2.78. The molecule has 0 fully saturated rings. The van der Waals surface area contributed by atoms with Crippen LogP contribution in [0.5, 0.6) is 5.75 Å². The van der Waals surface area contributed by atoms with Crippen molar-refractivity contribution < 1.29 is 9.63 Å². The van der Waals surface area contributed by atoms with Gasteiger partial charge in [0.15, 0.2) is 5.82 Å². The van der Waals surface area contributed by atoms with Crippen molar-refractivity contribution in [3.8, 4) is 17.2 Å². The summed E-state index contributed by atoms with van der Waals surface area (Å²) < 4.78 is 5.98. The molecule has 1 N–H and O–H groups in total. The summed E-state index contributed by atoms with van der Waals surface area (Å²) in [5, 5.41) is 13.6. The van der Waals surface area contributed by atoms with Crippen LogP contribution in [0, 0.1) is 0 Å². The van der Waals surface area contributed by atoms with Crippen LogP contribution in [0.4, 0.5) is 0 Å². The van der Waals surface area contributed by atoms with E-state index in [2.05, 4.69) is 33.0 Å². The van der Waals surface area contributed by atoms with Gasteiger partial charge < -0.3 is 9.63 Å². The number of nitrogens with zero attached hydrogens (tertiary/aromatic N) is 2. The van der Waals surface area contributed by atoms with E-state index in [9.17, 15) is 5.11 Å². The van der Waals surface area contributed by atoms with Crippen LogP contribution in [0.25, 0.3) is 11.5 Å². The second-order valence-electron chi connectivity index (χ2n) is 3.31. The van der Waals surface area contributed by atoms with Gasteiger partial charge >= 0.3 is 0 Å². The fraction of sp³-hybridized carbons (Fsp3) is 0.273.